The highest BCUT2D eigenvalue weighted by Crippen LogP contribution is 2.26. The molecule has 0 aliphatic carbocycles. The standard InChI is InChI=1S/C10H12BrN3/c1-14(2)10(11)7-3-4-8-9(5-7)13-6-12-8/h3-6,10H,1-2H3,(H,12,13). The highest BCUT2D eigenvalue weighted by Gasteiger charge is 2.10. The van der Waals surface area contributed by atoms with Gasteiger partial charge in [-0.25, -0.2) is 4.98 Å². The molecule has 0 bridgehead atoms. The van der Waals surface area contributed by atoms with E-state index in [2.05, 4.69) is 42.9 Å². The number of aromatic amines is 1. The summed E-state index contributed by atoms with van der Waals surface area (Å²) in [5.74, 6) is 0. The molecular weight excluding hydrogens is 242 g/mol. The number of hydrogen-bond donors (Lipinski definition) is 1. The zero-order valence-corrected chi connectivity index (χ0v) is 9.75. The number of imidazole rings is 1. The molecule has 1 N–H and O–H groups in total. The smallest absolute Gasteiger partial charge is 0.0931 e. The Kier molecular flexibility index (Phi) is 2.56. The second-order valence-corrected chi connectivity index (χ2v) is 4.35. The summed E-state index contributed by atoms with van der Waals surface area (Å²) in [5, 5.41) is 0. The quantitative estimate of drug-likeness (QED) is 0.659. The average molecular weight is 254 g/mol. The molecule has 1 aromatic carbocycles. The fraction of sp³-hybridized carbons (Fsp3) is 0.300. The van der Waals surface area contributed by atoms with E-state index in [1.54, 1.807) is 6.33 Å². The highest BCUT2D eigenvalue weighted by atomic mass is 79.9. The largest absolute Gasteiger partial charge is 0.345 e. The molecule has 1 aromatic heterocycles. The number of alkyl halides is 1. The number of aromatic nitrogens is 2. The van der Waals surface area contributed by atoms with Gasteiger partial charge in [-0.05, 0) is 31.8 Å². The fourth-order valence-electron chi connectivity index (χ4n) is 1.40. The lowest BCUT2D eigenvalue weighted by Crippen LogP contribution is -2.14. The lowest BCUT2D eigenvalue weighted by atomic mass is 10.2. The summed E-state index contributed by atoms with van der Waals surface area (Å²) in [6.07, 6.45) is 1.72. The van der Waals surface area contributed by atoms with Crippen molar-refractivity contribution in [1.82, 2.24) is 14.9 Å². The van der Waals surface area contributed by atoms with Crippen LogP contribution in [0.2, 0.25) is 0 Å². The van der Waals surface area contributed by atoms with Gasteiger partial charge in [0, 0.05) is 0 Å². The predicted octanol–water partition coefficient (Wildman–Crippen LogP) is 2.52. The minimum atomic E-state index is 0.246. The second-order valence-electron chi connectivity index (χ2n) is 3.48. The molecule has 0 amide bonds. The van der Waals surface area contributed by atoms with E-state index in [9.17, 15) is 0 Å². The Morgan fingerprint density at radius 1 is 1.43 bits per heavy atom. The number of H-pyrrole nitrogens is 1. The Hall–Kier alpha value is -0.870. The number of fused-ring (bicyclic) bond motifs is 1. The van der Waals surface area contributed by atoms with Crippen molar-refractivity contribution >= 4 is 27.0 Å². The normalized spacial score (nSPS) is 13.7. The summed E-state index contributed by atoms with van der Waals surface area (Å²) < 4.78 is 0. The number of nitrogens with zero attached hydrogens (tertiary/aromatic N) is 2. The van der Waals surface area contributed by atoms with E-state index < -0.39 is 0 Å². The molecule has 14 heavy (non-hydrogen) atoms. The van der Waals surface area contributed by atoms with Gasteiger partial charge in [-0.2, -0.15) is 0 Å². The van der Waals surface area contributed by atoms with E-state index in [1.165, 1.54) is 5.56 Å². The SMILES string of the molecule is CN(C)C(Br)c1ccc2nc[nH]c2c1. The van der Waals surface area contributed by atoms with Crippen molar-refractivity contribution in [3.05, 3.63) is 30.1 Å². The molecule has 4 heteroatoms. The molecular formula is C10H12BrN3. The Labute approximate surface area is 91.3 Å². The molecule has 0 radical (unpaired) electrons. The summed E-state index contributed by atoms with van der Waals surface area (Å²) >= 11 is 3.62. The van der Waals surface area contributed by atoms with Crippen molar-refractivity contribution in [2.45, 2.75) is 4.95 Å². The third-order valence-electron chi connectivity index (χ3n) is 2.17. The van der Waals surface area contributed by atoms with Crippen molar-refractivity contribution in [2.75, 3.05) is 14.1 Å². The van der Waals surface area contributed by atoms with Crippen LogP contribution in [0.5, 0.6) is 0 Å². The molecule has 0 spiro atoms. The molecule has 2 aromatic rings. The zero-order valence-electron chi connectivity index (χ0n) is 8.16. The van der Waals surface area contributed by atoms with Crippen LogP contribution in [0, 0.1) is 0 Å². The van der Waals surface area contributed by atoms with Gasteiger partial charge in [0.25, 0.3) is 0 Å². The maximum atomic E-state index is 4.18. The zero-order chi connectivity index (χ0) is 10.1. The highest BCUT2D eigenvalue weighted by molar-refractivity contribution is 9.09. The van der Waals surface area contributed by atoms with Gasteiger partial charge in [-0.3, -0.25) is 4.90 Å². The van der Waals surface area contributed by atoms with Crippen LogP contribution in [0.1, 0.15) is 10.5 Å². The van der Waals surface area contributed by atoms with E-state index in [1.807, 2.05) is 20.2 Å². The number of nitrogens with one attached hydrogen (secondary N) is 1. The van der Waals surface area contributed by atoms with E-state index >= 15 is 0 Å². The first kappa shape index (κ1) is 9.68. The molecule has 74 valence electrons. The van der Waals surface area contributed by atoms with Crippen molar-refractivity contribution in [3.8, 4) is 0 Å². The predicted molar refractivity (Wildman–Crippen MR) is 61.4 cm³/mol. The van der Waals surface area contributed by atoms with Crippen LogP contribution in [0.15, 0.2) is 24.5 Å². The van der Waals surface area contributed by atoms with E-state index in [0.717, 1.165) is 11.0 Å². The monoisotopic (exact) mass is 253 g/mol. The van der Waals surface area contributed by atoms with Crippen LogP contribution < -0.4 is 0 Å². The van der Waals surface area contributed by atoms with Crippen LogP contribution in [0.4, 0.5) is 0 Å². The van der Waals surface area contributed by atoms with Gasteiger partial charge in [0.15, 0.2) is 0 Å². The minimum Gasteiger partial charge on any atom is -0.345 e. The summed E-state index contributed by atoms with van der Waals surface area (Å²) in [6.45, 7) is 0. The number of benzene rings is 1. The Balaban J connectivity index is 2.43. The molecule has 0 saturated carbocycles. The number of hydrogen-bond acceptors (Lipinski definition) is 2. The molecule has 1 unspecified atom stereocenters. The topological polar surface area (TPSA) is 31.9 Å². The van der Waals surface area contributed by atoms with Gasteiger partial charge in [0.05, 0.1) is 22.3 Å². The van der Waals surface area contributed by atoms with Crippen LogP contribution in [0.25, 0.3) is 11.0 Å². The maximum Gasteiger partial charge on any atom is 0.0931 e. The van der Waals surface area contributed by atoms with Gasteiger partial charge in [0.1, 0.15) is 0 Å². The number of rotatable bonds is 2. The Bertz CT molecular complexity index is 436. The van der Waals surface area contributed by atoms with Gasteiger partial charge in [0.2, 0.25) is 0 Å². The lowest BCUT2D eigenvalue weighted by molar-refractivity contribution is 0.398. The molecule has 3 nitrogen and oxygen atoms in total. The minimum absolute atomic E-state index is 0.246. The van der Waals surface area contributed by atoms with Crippen molar-refractivity contribution < 1.29 is 0 Å². The first-order valence-electron chi connectivity index (χ1n) is 4.42. The van der Waals surface area contributed by atoms with Gasteiger partial charge in [-0.1, -0.05) is 22.0 Å². The van der Waals surface area contributed by atoms with Crippen LogP contribution in [0.3, 0.4) is 0 Å². The van der Waals surface area contributed by atoms with E-state index in [0.29, 0.717) is 0 Å². The summed E-state index contributed by atoms with van der Waals surface area (Å²) in [4.78, 5) is 9.64. The molecule has 2 rings (SSSR count). The maximum absolute atomic E-state index is 4.18. The van der Waals surface area contributed by atoms with Gasteiger partial charge >= 0.3 is 0 Å². The second kappa shape index (κ2) is 3.71. The van der Waals surface area contributed by atoms with Crippen molar-refractivity contribution in [3.63, 3.8) is 0 Å². The molecule has 1 heterocycles. The van der Waals surface area contributed by atoms with E-state index in [4.69, 9.17) is 0 Å². The fourth-order valence-corrected chi connectivity index (χ4v) is 1.68. The van der Waals surface area contributed by atoms with Crippen molar-refractivity contribution in [2.24, 2.45) is 0 Å². The van der Waals surface area contributed by atoms with Crippen LogP contribution in [-0.2, 0) is 0 Å². The van der Waals surface area contributed by atoms with E-state index in [-0.39, 0.29) is 4.95 Å². The summed E-state index contributed by atoms with van der Waals surface area (Å²) in [7, 11) is 4.08. The Morgan fingerprint density at radius 2 is 2.21 bits per heavy atom. The molecule has 0 fully saturated rings. The molecule has 1 atom stereocenters. The first-order valence-corrected chi connectivity index (χ1v) is 5.33. The van der Waals surface area contributed by atoms with Gasteiger partial charge in [-0.15, -0.1) is 0 Å². The molecule has 0 saturated heterocycles. The third-order valence-corrected chi connectivity index (χ3v) is 3.52. The Morgan fingerprint density at radius 3 is 2.93 bits per heavy atom. The lowest BCUT2D eigenvalue weighted by Gasteiger charge is -2.17. The summed E-state index contributed by atoms with van der Waals surface area (Å²) in [6, 6.07) is 6.23. The number of halogens is 1. The van der Waals surface area contributed by atoms with Gasteiger partial charge < -0.3 is 4.98 Å². The van der Waals surface area contributed by atoms with Crippen molar-refractivity contribution in [1.29, 1.82) is 0 Å². The first-order chi connectivity index (χ1) is 6.68. The molecule has 0 aliphatic rings. The average Bonchev–Trinajstić information content (AvgIpc) is 2.62. The van der Waals surface area contributed by atoms with Crippen LogP contribution >= 0.6 is 15.9 Å². The van der Waals surface area contributed by atoms with Crippen LogP contribution in [-0.4, -0.2) is 29.0 Å². The third kappa shape index (κ3) is 1.67. The summed E-state index contributed by atoms with van der Waals surface area (Å²) in [5.41, 5.74) is 3.31. The molecule has 0 aliphatic heterocycles.